The van der Waals surface area contributed by atoms with Gasteiger partial charge in [0.2, 0.25) is 0 Å². The molecule has 9 heavy (non-hydrogen) atoms. The Labute approximate surface area is 55.2 Å². The second-order valence-electron chi connectivity index (χ2n) is 2.61. The standard InChI is InChI=1S/C6H13NO2/c1-5(7)6(2,3)9-4-8/h4-5H,7H2,1-3H3/t5-/m1/s1. The molecule has 0 bridgehead atoms. The van der Waals surface area contributed by atoms with Gasteiger partial charge in [0.25, 0.3) is 6.47 Å². The molecule has 0 aromatic heterocycles. The number of carbonyl (C=O) groups is 1. The summed E-state index contributed by atoms with van der Waals surface area (Å²) in [5.41, 5.74) is 4.93. The van der Waals surface area contributed by atoms with Crippen molar-refractivity contribution in [3.8, 4) is 0 Å². The molecule has 0 rings (SSSR count). The molecule has 0 saturated heterocycles. The number of nitrogens with two attached hydrogens (primary N) is 1. The zero-order valence-electron chi connectivity index (χ0n) is 6.05. The lowest BCUT2D eigenvalue weighted by molar-refractivity contribution is -0.141. The van der Waals surface area contributed by atoms with Crippen LogP contribution in [0.4, 0.5) is 0 Å². The Balaban J connectivity index is 3.84. The van der Waals surface area contributed by atoms with Crippen molar-refractivity contribution >= 4 is 6.47 Å². The topological polar surface area (TPSA) is 52.3 Å². The van der Waals surface area contributed by atoms with Gasteiger partial charge in [0.1, 0.15) is 5.60 Å². The molecule has 0 saturated carbocycles. The molecule has 3 nitrogen and oxygen atoms in total. The Morgan fingerprint density at radius 3 is 2.22 bits per heavy atom. The van der Waals surface area contributed by atoms with Crippen molar-refractivity contribution in [2.24, 2.45) is 5.73 Å². The Bertz CT molecular complexity index is 99.2. The van der Waals surface area contributed by atoms with Gasteiger partial charge in [-0.25, -0.2) is 0 Å². The first-order valence-corrected chi connectivity index (χ1v) is 2.87. The van der Waals surface area contributed by atoms with Crippen LogP contribution in [0.1, 0.15) is 20.8 Å². The van der Waals surface area contributed by atoms with Crippen LogP contribution in [0.5, 0.6) is 0 Å². The van der Waals surface area contributed by atoms with Crippen LogP contribution in [0, 0.1) is 0 Å². The van der Waals surface area contributed by atoms with Crippen molar-refractivity contribution in [2.45, 2.75) is 32.4 Å². The molecule has 1 atom stereocenters. The normalized spacial score (nSPS) is 14.7. The smallest absolute Gasteiger partial charge is 0.293 e. The van der Waals surface area contributed by atoms with Crippen LogP contribution >= 0.6 is 0 Å². The first-order chi connectivity index (χ1) is 4.00. The third-order valence-electron chi connectivity index (χ3n) is 1.45. The fraction of sp³-hybridized carbons (Fsp3) is 0.833. The molecule has 0 unspecified atom stereocenters. The Kier molecular flexibility index (Phi) is 2.65. The Morgan fingerprint density at radius 2 is 2.11 bits per heavy atom. The summed E-state index contributed by atoms with van der Waals surface area (Å²) in [6.07, 6.45) is 0. The van der Waals surface area contributed by atoms with E-state index >= 15 is 0 Å². The van der Waals surface area contributed by atoms with E-state index in [1.54, 1.807) is 20.8 Å². The molecule has 0 aromatic carbocycles. The molecule has 0 fully saturated rings. The Morgan fingerprint density at radius 1 is 1.67 bits per heavy atom. The van der Waals surface area contributed by atoms with E-state index in [1.165, 1.54) is 0 Å². The molecule has 0 aliphatic carbocycles. The van der Waals surface area contributed by atoms with Gasteiger partial charge >= 0.3 is 0 Å². The highest BCUT2D eigenvalue weighted by molar-refractivity contribution is 5.38. The number of hydrogen-bond acceptors (Lipinski definition) is 3. The third-order valence-corrected chi connectivity index (χ3v) is 1.45. The molecule has 0 aromatic rings. The van der Waals surface area contributed by atoms with Crippen LogP contribution in [0.3, 0.4) is 0 Å². The number of hydrogen-bond donors (Lipinski definition) is 1. The SMILES string of the molecule is C[C@@H](N)C(C)(C)OC=O. The maximum Gasteiger partial charge on any atom is 0.293 e. The van der Waals surface area contributed by atoms with E-state index in [4.69, 9.17) is 5.73 Å². The highest BCUT2D eigenvalue weighted by atomic mass is 16.5. The van der Waals surface area contributed by atoms with E-state index in [-0.39, 0.29) is 6.04 Å². The van der Waals surface area contributed by atoms with E-state index in [0.29, 0.717) is 6.47 Å². The van der Waals surface area contributed by atoms with Gasteiger partial charge in [-0.15, -0.1) is 0 Å². The maximum atomic E-state index is 9.85. The summed E-state index contributed by atoms with van der Waals surface area (Å²) >= 11 is 0. The largest absolute Gasteiger partial charge is 0.460 e. The highest BCUT2D eigenvalue weighted by Gasteiger charge is 2.23. The number of ether oxygens (including phenoxy) is 1. The van der Waals surface area contributed by atoms with Gasteiger partial charge < -0.3 is 10.5 Å². The van der Waals surface area contributed by atoms with Gasteiger partial charge in [0.15, 0.2) is 0 Å². The monoisotopic (exact) mass is 131 g/mol. The molecule has 0 radical (unpaired) electrons. The molecule has 0 aliphatic rings. The average Bonchev–Trinajstić information content (AvgIpc) is 1.65. The lowest BCUT2D eigenvalue weighted by atomic mass is 10.0. The second kappa shape index (κ2) is 2.82. The summed E-state index contributed by atoms with van der Waals surface area (Å²) in [5.74, 6) is 0. The van der Waals surface area contributed by atoms with Crippen LogP contribution < -0.4 is 5.73 Å². The fourth-order valence-electron chi connectivity index (χ4n) is 0.231. The number of rotatable bonds is 3. The van der Waals surface area contributed by atoms with Crippen LogP contribution in [0.25, 0.3) is 0 Å². The summed E-state index contributed by atoms with van der Waals surface area (Å²) in [6, 6.07) is -0.136. The molecule has 3 heteroatoms. The average molecular weight is 131 g/mol. The van der Waals surface area contributed by atoms with Crippen LogP contribution in [-0.4, -0.2) is 18.1 Å². The van der Waals surface area contributed by atoms with Crippen molar-refractivity contribution in [2.75, 3.05) is 0 Å². The predicted molar refractivity (Wildman–Crippen MR) is 34.9 cm³/mol. The van der Waals surface area contributed by atoms with Crippen molar-refractivity contribution in [3.05, 3.63) is 0 Å². The third kappa shape index (κ3) is 2.46. The lowest BCUT2D eigenvalue weighted by Crippen LogP contribution is -2.42. The van der Waals surface area contributed by atoms with Gasteiger partial charge in [-0.3, -0.25) is 4.79 Å². The van der Waals surface area contributed by atoms with E-state index in [0.717, 1.165) is 0 Å². The van der Waals surface area contributed by atoms with E-state index in [2.05, 4.69) is 4.74 Å². The van der Waals surface area contributed by atoms with Gasteiger partial charge in [0, 0.05) is 6.04 Å². The molecule has 0 heterocycles. The molecular weight excluding hydrogens is 118 g/mol. The van der Waals surface area contributed by atoms with Crippen molar-refractivity contribution in [1.82, 2.24) is 0 Å². The molecule has 0 aliphatic heterocycles. The minimum atomic E-state index is -0.540. The second-order valence-corrected chi connectivity index (χ2v) is 2.61. The summed E-state index contributed by atoms with van der Waals surface area (Å²) in [7, 11) is 0. The van der Waals surface area contributed by atoms with Crippen molar-refractivity contribution < 1.29 is 9.53 Å². The van der Waals surface area contributed by atoms with E-state index in [9.17, 15) is 4.79 Å². The molecule has 0 spiro atoms. The molecule has 2 N–H and O–H groups in total. The van der Waals surface area contributed by atoms with Gasteiger partial charge in [-0.2, -0.15) is 0 Å². The number of carbonyl (C=O) groups excluding carboxylic acids is 1. The minimum Gasteiger partial charge on any atom is -0.460 e. The zero-order valence-corrected chi connectivity index (χ0v) is 6.05. The summed E-state index contributed by atoms with van der Waals surface area (Å²) in [4.78, 5) is 9.85. The summed E-state index contributed by atoms with van der Waals surface area (Å²) < 4.78 is 4.69. The quantitative estimate of drug-likeness (QED) is 0.560. The maximum absolute atomic E-state index is 9.85. The minimum absolute atomic E-state index is 0.136. The first kappa shape index (κ1) is 8.43. The van der Waals surface area contributed by atoms with Crippen molar-refractivity contribution in [1.29, 1.82) is 0 Å². The first-order valence-electron chi connectivity index (χ1n) is 2.87. The van der Waals surface area contributed by atoms with Gasteiger partial charge in [0.05, 0.1) is 0 Å². The summed E-state index contributed by atoms with van der Waals surface area (Å²) in [5, 5.41) is 0. The van der Waals surface area contributed by atoms with Crippen LogP contribution in [-0.2, 0) is 9.53 Å². The molecule has 54 valence electrons. The van der Waals surface area contributed by atoms with E-state index < -0.39 is 5.60 Å². The fourth-order valence-corrected chi connectivity index (χ4v) is 0.231. The van der Waals surface area contributed by atoms with Crippen LogP contribution in [0.15, 0.2) is 0 Å². The van der Waals surface area contributed by atoms with Crippen LogP contribution in [0.2, 0.25) is 0 Å². The molecule has 0 amide bonds. The Hall–Kier alpha value is -0.570. The highest BCUT2D eigenvalue weighted by Crippen LogP contribution is 2.10. The lowest BCUT2D eigenvalue weighted by Gasteiger charge is -2.26. The molecular formula is C6H13NO2. The zero-order chi connectivity index (χ0) is 7.49. The predicted octanol–water partition coefficient (Wildman–Crippen LogP) is 0.285. The summed E-state index contributed by atoms with van der Waals surface area (Å²) in [6.45, 7) is 5.75. The van der Waals surface area contributed by atoms with Gasteiger partial charge in [-0.1, -0.05) is 0 Å². The van der Waals surface area contributed by atoms with E-state index in [1.807, 2.05) is 0 Å². The van der Waals surface area contributed by atoms with Crippen molar-refractivity contribution in [3.63, 3.8) is 0 Å². The van der Waals surface area contributed by atoms with Gasteiger partial charge in [-0.05, 0) is 20.8 Å².